The van der Waals surface area contributed by atoms with Crippen LogP contribution in [0.2, 0.25) is 0 Å². The molecule has 0 N–H and O–H groups in total. The van der Waals surface area contributed by atoms with Crippen LogP contribution in [0.15, 0.2) is 0 Å². The van der Waals surface area contributed by atoms with E-state index in [4.69, 9.17) is 0 Å². The van der Waals surface area contributed by atoms with Gasteiger partial charge in [-0.05, 0) is 18.8 Å². The lowest BCUT2D eigenvalue weighted by Crippen LogP contribution is -2.45. The van der Waals surface area contributed by atoms with Crippen LogP contribution in [-0.2, 0) is 9.47 Å². The summed E-state index contributed by atoms with van der Waals surface area (Å²) < 4.78 is 46.8. The first-order valence-electron chi connectivity index (χ1n) is 5.32. The molecule has 0 aromatic rings. The highest BCUT2D eigenvalue weighted by atomic mass is 19.4. The van der Waals surface area contributed by atoms with E-state index in [1.165, 1.54) is 12.0 Å². The number of rotatable bonds is 2. The summed E-state index contributed by atoms with van der Waals surface area (Å²) in [4.78, 5) is 12.6. The molecule has 1 heterocycles. The lowest BCUT2D eigenvalue weighted by molar-refractivity contribution is -0.231. The summed E-state index contributed by atoms with van der Waals surface area (Å²) in [6.45, 7) is 0.542. The Bertz CT molecular complexity index is 262. The van der Waals surface area contributed by atoms with Crippen LogP contribution in [0.4, 0.5) is 18.0 Å². The molecule has 1 aliphatic heterocycles. The van der Waals surface area contributed by atoms with Crippen molar-refractivity contribution in [2.75, 3.05) is 27.3 Å². The predicted molar refractivity (Wildman–Crippen MR) is 53.6 cm³/mol. The number of likely N-dealkylation sites (tertiary alicyclic amines) is 1. The van der Waals surface area contributed by atoms with Crippen LogP contribution in [-0.4, -0.2) is 50.6 Å². The van der Waals surface area contributed by atoms with Crippen molar-refractivity contribution < 1.29 is 27.4 Å². The van der Waals surface area contributed by atoms with Gasteiger partial charge in [-0.1, -0.05) is 0 Å². The minimum absolute atomic E-state index is 0.271. The fraction of sp³-hybridized carbons (Fsp3) is 0.900. The van der Waals surface area contributed by atoms with Gasteiger partial charge in [-0.2, -0.15) is 13.2 Å². The maximum Gasteiger partial charge on any atom is 0.414 e. The zero-order chi connectivity index (χ0) is 13.1. The molecule has 1 aliphatic rings. The van der Waals surface area contributed by atoms with E-state index < -0.39 is 24.3 Å². The average molecular weight is 255 g/mol. The third-order valence-corrected chi connectivity index (χ3v) is 2.98. The maximum absolute atomic E-state index is 12.6. The van der Waals surface area contributed by atoms with Gasteiger partial charge in [-0.15, -0.1) is 0 Å². The summed E-state index contributed by atoms with van der Waals surface area (Å²) in [5.74, 6) is -0.596. The number of nitrogens with zero attached hydrogens (tertiary/aromatic N) is 1. The summed E-state index contributed by atoms with van der Waals surface area (Å²) >= 11 is 0. The first-order valence-corrected chi connectivity index (χ1v) is 5.32. The van der Waals surface area contributed by atoms with E-state index in [1.807, 2.05) is 0 Å². The van der Waals surface area contributed by atoms with E-state index in [9.17, 15) is 18.0 Å². The molecule has 1 saturated heterocycles. The van der Waals surface area contributed by atoms with E-state index >= 15 is 0 Å². The number of piperidine rings is 1. The molecule has 7 heteroatoms. The van der Waals surface area contributed by atoms with Gasteiger partial charge < -0.3 is 14.4 Å². The van der Waals surface area contributed by atoms with Gasteiger partial charge in [0.2, 0.25) is 0 Å². The summed E-state index contributed by atoms with van der Waals surface area (Å²) in [5.41, 5.74) is 0. The quantitative estimate of drug-likeness (QED) is 0.758. The SMILES string of the molecule is COC(=O)N1CCC(C(OC)C(F)(F)F)CC1. The minimum Gasteiger partial charge on any atom is -0.453 e. The van der Waals surface area contributed by atoms with Crippen LogP contribution in [0.1, 0.15) is 12.8 Å². The maximum atomic E-state index is 12.6. The topological polar surface area (TPSA) is 38.8 Å². The molecule has 0 spiro atoms. The molecule has 0 bridgehead atoms. The second-order valence-corrected chi connectivity index (χ2v) is 3.99. The van der Waals surface area contributed by atoms with Crippen molar-refractivity contribution in [3.63, 3.8) is 0 Å². The number of amides is 1. The van der Waals surface area contributed by atoms with E-state index in [1.54, 1.807) is 0 Å². The van der Waals surface area contributed by atoms with Crippen LogP contribution in [0.3, 0.4) is 0 Å². The number of carbonyl (C=O) groups excluding carboxylic acids is 1. The first-order chi connectivity index (χ1) is 7.90. The van der Waals surface area contributed by atoms with Crippen LogP contribution < -0.4 is 0 Å². The van der Waals surface area contributed by atoms with Crippen molar-refractivity contribution >= 4 is 6.09 Å². The third-order valence-electron chi connectivity index (χ3n) is 2.98. The molecule has 0 aliphatic carbocycles. The third kappa shape index (κ3) is 3.49. The number of ether oxygens (including phenoxy) is 2. The smallest absolute Gasteiger partial charge is 0.414 e. The minimum atomic E-state index is -4.35. The molecular weight excluding hydrogens is 239 g/mol. The second kappa shape index (κ2) is 5.57. The van der Waals surface area contributed by atoms with Gasteiger partial charge in [0.1, 0.15) is 0 Å². The molecule has 0 radical (unpaired) electrons. The fourth-order valence-electron chi connectivity index (χ4n) is 2.11. The largest absolute Gasteiger partial charge is 0.453 e. The molecule has 1 fully saturated rings. The van der Waals surface area contributed by atoms with Gasteiger partial charge in [-0.25, -0.2) is 4.79 Å². The van der Waals surface area contributed by atoms with Crippen molar-refractivity contribution in [1.82, 2.24) is 4.90 Å². The molecule has 1 rings (SSSR count). The molecule has 0 aromatic heterocycles. The Morgan fingerprint density at radius 1 is 1.29 bits per heavy atom. The molecule has 1 unspecified atom stereocenters. The Balaban J connectivity index is 2.53. The standard InChI is InChI=1S/C10H16F3NO3/c1-16-8(10(11,12)13)7-3-5-14(6-4-7)9(15)17-2/h7-8H,3-6H2,1-2H3. The first kappa shape index (κ1) is 14.1. The van der Waals surface area contributed by atoms with Crippen LogP contribution in [0.5, 0.6) is 0 Å². The number of alkyl halides is 3. The zero-order valence-electron chi connectivity index (χ0n) is 9.79. The lowest BCUT2D eigenvalue weighted by Gasteiger charge is -2.35. The van der Waals surface area contributed by atoms with Crippen molar-refractivity contribution in [2.45, 2.75) is 25.1 Å². The molecule has 0 saturated carbocycles. The predicted octanol–water partition coefficient (Wildman–Crippen LogP) is 2.04. The molecule has 100 valence electrons. The van der Waals surface area contributed by atoms with Crippen LogP contribution in [0.25, 0.3) is 0 Å². The summed E-state index contributed by atoms with van der Waals surface area (Å²) in [6.07, 6.45) is -6.06. The normalized spacial score (nSPS) is 20.2. The highest BCUT2D eigenvalue weighted by molar-refractivity contribution is 5.67. The van der Waals surface area contributed by atoms with Gasteiger partial charge in [0, 0.05) is 20.2 Å². The van der Waals surface area contributed by atoms with Gasteiger partial charge in [-0.3, -0.25) is 0 Å². The van der Waals surface area contributed by atoms with Crippen molar-refractivity contribution in [3.05, 3.63) is 0 Å². The van der Waals surface area contributed by atoms with E-state index in [0.29, 0.717) is 0 Å². The Labute approximate surface area is 97.7 Å². The number of halogens is 3. The summed E-state index contributed by atoms with van der Waals surface area (Å²) in [6, 6.07) is 0. The highest BCUT2D eigenvalue weighted by Crippen LogP contribution is 2.33. The zero-order valence-corrected chi connectivity index (χ0v) is 9.79. The van der Waals surface area contributed by atoms with E-state index in [0.717, 1.165) is 7.11 Å². The summed E-state index contributed by atoms with van der Waals surface area (Å²) in [5, 5.41) is 0. The number of hydrogen-bond acceptors (Lipinski definition) is 3. The van der Waals surface area contributed by atoms with Crippen molar-refractivity contribution in [3.8, 4) is 0 Å². The van der Waals surface area contributed by atoms with Crippen LogP contribution >= 0.6 is 0 Å². The lowest BCUT2D eigenvalue weighted by atomic mass is 9.91. The van der Waals surface area contributed by atoms with E-state index in [2.05, 4.69) is 9.47 Å². The molecular formula is C10H16F3NO3. The number of carbonyl (C=O) groups is 1. The van der Waals surface area contributed by atoms with Gasteiger partial charge >= 0.3 is 12.3 Å². The molecule has 4 nitrogen and oxygen atoms in total. The molecule has 17 heavy (non-hydrogen) atoms. The van der Waals surface area contributed by atoms with Crippen molar-refractivity contribution in [2.24, 2.45) is 5.92 Å². The monoisotopic (exact) mass is 255 g/mol. The van der Waals surface area contributed by atoms with Gasteiger partial charge in [0.15, 0.2) is 6.10 Å². The molecule has 0 aromatic carbocycles. The number of methoxy groups -OCH3 is 2. The van der Waals surface area contributed by atoms with Crippen molar-refractivity contribution in [1.29, 1.82) is 0 Å². The Hall–Kier alpha value is -0.980. The Kier molecular flexibility index (Phi) is 4.62. The van der Waals surface area contributed by atoms with Gasteiger partial charge in [0.25, 0.3) is 0 Å². The second-order valence-electron chi connectivity index (χ2n) is 3.99. The Morgan fingerprint density at radius 3 is 2.18 bits per heavy atom. The highest BCUT2D eigenvalue weighted by Gasteiger charge is 2.46. The Morgan fingerprint density at radius 2 is 1.82 bits per heavy atom. The summed E-state index contributed by atoms with van der Waals surface area (Å²) in [7, 11) is 2.31. The number of hydrogen-bond donors (Lipinski definition) is 0. The van der Waals surface area contributed by atoms with Gasteiger partial charge in [0.05, 0.1) is 7.11 Å². The molecule has 1 amide bonds. The van der Waals surface area contributed by atoms with Crippen LogP contribution in [0, 0.1) is 5.92 Å². The average Bonchev–Trinajstić information content (AvgIpc) is 2.28. The fourth-order valence-corrected chi connectivity index (χ4v) is 2.11. The molecule has 1 atom stereocenters. The van der Waals surface area contributed by atoms with E-state index in [-0.39, 0.29) is 25.9 Å².